The molecule has 1 aliphatic heterocycles. The van der Waals surface area contributed by atoms with E-state index in [1.54, 1.807) is 0 Å². The van der Waals surface area contributed by atoms with Crippen molar-refractivity contribution in [1.29, 1.82) is 0 Å². The third kappa shape index (κ3) is 5.97. The Morgan fingerprint density at radius 1 is 0.312 bits per heavy atom. The van der Waals surface area contributed by atoms with E-state index in [0.29, 0.717) is 0 Å². The molecule has 0 atom stereocenters. The van der Waals surface area contributed by atoms with Gasteiger partial charge in [-0.1, -0.05) is 237 Å². The minimum absolute atomic E-state index is 0.583. The van der Waals surface area contributed by atoms with E-state index in [1.165, 1.54) is 78.1 Å². The number of para-hydroxylation sites is 5. The molecule has 0 unspecified atom stereocenters. The number of hydrogen-bond acceptors (Lipinski definition) is 3. The SMILES string of the molecule is c1ccc(N2c3ccccc3C3(c4ccccc4-c4c(N(c5ccc(-c6cccc7c6oc6ccccc67)cc5)c5cccc6c5-c5ccccc5C6(c5ccccc5)c5ccccc5)cccc43)c3ccccc32)cc1. The molecule has 2 heterocycles. The zero-order valence-corrected chi connectivity index (χ0v) is 42.0. The Morgan fingerprint density at radius 2 is 0.753 bits per heavy atom. The van der Waals surface area contributed by atoms with Crippen LogP contribution in [0.3, 0.4) is 0 Å². The van der Waals surface area contributed by atoms with Crippen LogP contribution in [0.5, 0.6) is 0 Å². The van der Waals surface area contributed by atoms with Crippen molar-refractivity contribution in [2.45, 2.75) is 10.8 Å². The molecule has 0 bridgehead atoms. The van der Waals surface area contributed by atoms with Gasteiger partial charge in [0.1, 0.15) is 11.2 Å². The summed E-state index contributed by atoms with van der Waals surface area (Å²) >= 11 is 0. The zero-order chi connectivity index (χ0) is 50.7. The normalized spacial score (nSPS) is 13.9. The Morgan fingerprint density at radius 3 is 1.36 bits per heavy atom. The molecule has 1 spiro atoms. The summed E-state index contributed by atoms with van der Waals surface area (Å²) in [5, 5.41) is 2.24. The number of anilines is 6. The maximum atomic E-state index is 6.64. The third-order valence-electron chi connectivity index (χ3n) is 16.9. The van der Waals surface area contributed by atoms with Crippen LogP contribution in [-0.4, -0.2) is 0 Å². The van der Waals surface area contributed by atoms with E-state index in [2.05, 4.69) is 295 Å². The molecule has 0 saturated carbocycles. The quantitative estimate of drug-likeness (QED) is 0.159. The predicted molar refractivity (Wildman–Crippen MR) is 317 cm³/mol. The Kier molecular flexibility index (Phi) is 9.47. The van der Waals surface area contributed by atoms with Crippen molar-refractivity contribution in [2.24, 2.45) is 0 Å². The molecule has 0 radical (unpaired) electrons. The molecule has 13 aromatic rings. The third-order valence-corrected chi connectivity index (χ3v) is 16.9. The maximum Gasteiger partial charge on any atom is 0.143 e. The second-order valence-electron chi connectivity index (χ2n) is 20.6. The molecule has 0 N–H and O–H groups in total. The first-order chi connectivity index (χ1) is 38.2. The van der Waals surface area contributed by atoms with Gasteiger partial charge in [0.2, 0.25) is 0 Å². The van der Waals surface area contributed by atoms with Gasteiger partial charge in [-0.15, -0.1) is 0 Å². The van der Waals surface area contributed by atoms with Gasteiger partial charge in [-0.2, -0.15) is 0 Å². The Hall–Kier alpha value is -9.96. The molecule has 0 fully saturated rings. The molecule has 0 amide bonds. The summed E-state index contributed by atoms with van der Waals surface area (Å²) in [6.07, 6.45) is 0. The van der Waals surface area contributed by atoms with Crippen molar-refractivity contribution in [2.75, 3.05) is 9.80 Å². The first-order valence-electron chi connectivity index (χ1n) is 26.7. The van der Waals surface area contributed by atoms with E-state index in [-0.39, 0.29) is 0 Å². The number of benzene rings is 12. The molecule has 77 heavy (non-hydrogen) atoms. The van der Waals surface area contributed by atoms with E-state index < -0.39 is 10.8 Å². The maximum absolute atomic E-state index is 6.64. The molecule has 360 valence electrons. The minimum atomic E-state index is -0.637. The number of furan rings is 1. The number of nitrogens with zero attached hydrogens (tertiary/aromatic N) is 2. The van der Waals surface area contributed by atoms with Crippen LogP contribution >= 0.6 is 0 Å². The van der Waals surface area contributed by atoms with E-state index in [9.17, 15) is 0 Å². The minimum Gasteiger partial charge on any atom is -0.455 e. The van der Waals surface area contributed by atoms with E-state index in [0.717, 1.165) is 55.8 Å². The van der Waals surface area contributed by atoms with Crippen LogP contribution in [0.1, 0.15) is 44.5 Å². The van der Waals surface area contributed by atoms with Crippen LogP contribution in [0.25, 0.3) is 55.3 Å². The van der Waals surface area contributed by atoms with Gasteiger partial charge < -0.3 is 14.2 Å². The van der Waals surface area contributed by atoms with Crippen LogP contribution in [0.15, 0.2) is 296 Å². The molecule has 12 aromatic carbocycles. The van der Waals surface area contributed by atoms with E-state index >= 15 is 0 Å². The summed E-state index contributed by atoms with van der Waals surface area (Å²) in [6, 6.07) is 108. The summed E-state index contributed by atoms with van der Waals surface area (Å²) in [5.74, 6) is 0. The van der Waals surface area contributed by atoms with E-state index in [1.807, 2.05) is 6.07 Å². The highest BCUT2D eigenvalue weighted by atomic mass is 16.3. The standard InChI is InChI=1S/C74H48N2O/c1-4-23-50(24-5-1)73(51-25-6-2-7-26-51)59-34-13-10-30-57(59)70-63(73)38-21-42-67(70)76(53-47-45-49(46-48-53)54-32-20-33-56-55-29-12-19-44-69(55)77-72(54)56)68-43-22-39-64-71(68)58-31-11-14-35-60(58)74(64)61-36-15-17-40-65(61)75(52-27-8-3-9-28-52)66-41-18-16-37-62(66)74/h1-48H. The highest BCUT2D eigenvalue weighted by molar-refractivity contribution is 6.10. The van der Waals surface area contributed by atoms with Gasteiger partial charge in [0, 0.05) is 38.8 Å². The average molecular weight is 981 g/mol. The first-order valence-corrected chi connectivity index (χ1v) is 26.7. The summed E-state index contributed by atoms with van der Waals surface area (Å²) in [7, 11) is 0. The predicted octanol–water partition coefficient (Wildman–Crippen LogP) is 19.2. The summed E-state index contributed by atoms with van der Waals surface area (Å²) in [4.78, 5) is 5.02. The second-order valence-corrected chi connectivity index (χ2v) is 20.6. The molecule has 1 aromatic heterocycles. The molecular formula is C74H48N2O. The van der Waals surface area contributed by atoms with E-state index in [4.69, 9.17) is 4.42 Å². The van der Waals surface area contributed by atoms with Crippen LogP contribution in [0.2, 0.25) is 0 Å². The lowest BCUT2D eigenvalue weighted by atomic mass is 9.64. The van der Waals surface area contributed by atoms with Crippen molar-refractivity contribution in [3.8, 4) is 33.4 Å². The van der Waals surface area contributed by atoms with Gasteiger partial charge in [0.05, 0.1) is 33.6 Å². The second kappa shape index (κ2) is 16.8. The highest BCUT2D eigenvalue weighted by Crippen LogP contribution is 2.66. The van der Waals surface area contributed by atoms with Crippen LogP contribution < -0.4 is 9.80 Å². The summed E-state index contributed by atoms with van der Waals surface area (Å²) < 4.78 is 6.64. The van der Waals surface area contributed by atoms with Crippen LogP contribution in [0, 0.1) is 0 Å². The van der Waals surface area contributed by atoms with Crippen molar-refractivity contribution in [3.05, 3.63) is 336 Å². The van der Waals surface area contributed by atoms with Crippen LogP contribution in [-0.2, 0) is 10.8 Å². The van der Waals surface area contributed by atoms with Gasteiger partial charge in [-0.3, -0.25) is 0 Å². The lowest BCUT2D eigenvalue weighted by molar-refractivity contribution is 0.670. The van der Waals surface area contributed by atoms with Crippen LogP contribution in [0.4, 0.5) is 34.1 Å². The molecule has 3 heteroatoms. The average Bonchev–Trinajstić information content (AvgIpc) is 4.25. The van der Waals surface area contributed by atoms with Crippen molar-refractivity contribution < 1.29 is 4.42 Å². The summed E-state index contributed by atoms with van der Waals surface area (Å²) in [5.41, 5.74) is 24.4. The lowest BCUT2D eigenvalue weighted by Gasteiger charge is -2.45. The fraction of sp³-hybridized carbons (Fsp3) is 0.0270. The number of rotatable bonds is 7. The molecule has 2 aliphatic carbocycles. The molecule has 3 nitrogen and oxygen atoms in total. The van der Waals surface area contributed by atoms with Gasteiger partial charge in [0.25, 0.3) is 0 Å². The number of fused-ring (bicyclic) bond motifs is 15. The van der Waals surface area contributed by atoms with Gasteiger partial charge in [-0.25, -0.2) is 0 Å². The number of hydrogen-bond donors (Lipinski definition) is 0. The smallest absolute Gasteiger partial charge is 0.143 e. The molecule has 3 aliphatic rings. The van der Waals surface area contributed by atoms with Crippen molar-refractivity contribution in [1.82, 2.24) is 0 Å². The first kappa shape index (κ1) is 43.4. The molecule has 16 rings (SSSR count). The van der Waals surface area contributed by atoms with Gasteiger partial charge >= 0.3 is 0 Å². The lowest BCUT2D eigenvalue weighted by Crippen LogP contribution is -2.36. The Balaban J connectivity index is 0.987. The molecular weight excluding hydrogens is 933 g/mol. The van der Waals surface area contributed by atoms with Gasteiger partial charge in [-0.05, 0) is 116 Å². The van der Waals surface area contributed by atoms with Crippen molar-refractivity contribution in [3.63, 3.8) is 0 Å². The monoisotopic (exact) mass is 980 g/mol. The fourth-order valence-electron chi connectivity index (χ4n) is 14.0. The highest BCUT2D eigenvalue weighted by Gasteiger charge is 2.53. The Bertz CT molecular complexity index is 4370. The Labute approximate surface area is 447 Å². The van der Waals surface area contributed by atoms with Crippen molar-refractivity contribution >= 4 is 56.1 Å². The topological polar surface area (TPSA) is 19.6 Å². The zero-order valence-electron chi connectivity index (χ0n) is 42.0. The fourth-order valence-corrected chi connectivity index (χ4v) is 14.0. The van der Waals surface area contributed by atoms with Gasteiger partial charge in [0.15, 0.2) is 0 Å². The largest absolute Gasteiger partial charge is 0.455 e. The molecule has 0 saturated heterocycles. The summed E-state index contributed by atoms with van der Waals surface area (Å²) in [6.45, 7) is 0.